The molecule has 4 rings (SSSR count). The number of guanidine groups is 1. The van der Waals surface area contributed by atoms with E-state index in [2.05, 4.69) is 30.9 Å². The van der Waals surface area contributed by atoms with Crippen LogP contribution in [0.3, 0.4) is 0 Å². The van der Waals surface area contributed by atoms with E-state index in [1.165, 1.54) is 48.6 Å². The van der Waals surface area contributed by atoms with Crippen molar-refractivity contribution >= 4 is 35.6 Å². The highest BCUT2D eigenvalue weighted by Gasteiger charge is 2.38. The van der Waals surface area contributed by atoms with E-state index in [-0.39, 0.29) is 51.2 Å². The molecule has 0 saturated carbocycles. The number of fused-ring (bicyclic) bond motifs is 1. The van der Waals surface area contributed by atoms with Crippen molar-refractivity contribution in [2.75, 3.05) is 6.54 Å². The van der Waals surface area contributed by atoms with Crippen LogP contribution in [0.5, 0.6) is 0 Å². The first-order valence-electron chi connectivity index (χ1n) is 15.7. The minimum atomic E-state index is -1.29. The maximum Gasteiger partial charge on any atom is 0.326 e. The Kier molecular flexibility index (Phi) is 12.4. The molecule has 0 radical (unpaired) electrons. The lowest BCUT2D eigenvalue weighted by atomic mass is 9.93. The van der Waals surface area contributed by atoms with Gasteiger partial charge in [0.25, 0.3) is 0 Å². The molecule has 0 unspecified atom stereocenters. The maximum absolute atomic E-state index is 14.1. The average molecular weight is 678 g/mol. The predicted molar refractivity (Wildman–Crippen MR) is 176 cm³/mol. The van der Waals surface area contributed by atoms with Crippen molar-refractivity contribution in [2.24, 2.45) is 16.5 Å². The zero-order valence-electron chi connectivity index (χ0n) is 26.9. The Morgan fingerprint density at radius 2 is 1.63 bits per heavy atom. The number of carbonyl (C=O) groups is 5. The zero-order valence-corrected chi connectivity index (χ0v) is 26.9. The molecule has 9 N–H and O–H groups in total. The Hall–Kier alpha value is -5.80. The summed E-state index contributed by atoms with van der Waals surface area (Å²) in [5.74, 6) is -4.43. The van der Waals surface area contributed by atoms with E-state index >= 15 is 0 Å². The van der Waals surface area contributed by atoms with Crippen molar-refractivity contribution in [3.05, 3.63) is 89.3 Å². The average Bonchev–Trinajstić information content (AvgIpc) is 3.58. The van der Waals surface area contributed by atoms with Crippen LogP contribution >= 0.6 is 0 Å². The lowest BCUT2D eigenvalue weighted by molar-refractivity contribution is -0.153. The lowest BCUT2D eigenvalue weighted by Gasteiger charge is -2.37. The van der Waals surface area contributed by atoms with Gasteiger partial charge in [-0.05, 0) is 41.7 Å². The molecule has 0 bridgehead atoms. The first-order chi connectivity index (χ1) is 23.4. The van der Waals surface area contributed by atoms with E-state index < -0.39 is 59.6 Å². The van der Waals surface area contributed by atoms with Gasteiger partial charge in [0.1, 0.15) is 30.0 Å². The van der Waals surface area contributed by atoms with Crippen LogP contribution in [0.1, 0.15) is 42.1 Å². The molecule has 1 aliphatic rings. The number of hydrogen-bond donors (Lipinski definition) is 7. The van der Waals surface area contributed by atoms with Crippen LogP contribution in [0.15, 0.2) is 66.0 Å². The van der Waals surface area contributed by atoms with Crippen molar-refractivity contribution in [3.63, 3.8) is 0 Å². The van der Waals surface area contributed by atoms with Crippen molar-refractivity contribution in [1.29, 1.82) is 0 Å². The Labute approximate surface area is 281 Å². The summed E-state index contributed by atoms with van der Waals surface area (Å²) >= 11 is 0. The minimum absolute atomic E-state index is 0.00792. The van der Waals surface area contributed by atoms with E-state index in [1.54, 1.807) is 12.1 Å². The molecule has 0 spiro atoms. The van der Waals surface area contributed by atoms with Gasteiger partial charge in [-0.15, -0.1) is 0 Å². The number of halogens is 1. The van der Waals surface area contributed by atoms with Crippen LogP contribution in [0.25, 0.3) is 0 Å². The second-order valence-electron chi connectivity index (χ2n) is 11.7. The third-order valence-corrected chi connectivity index (χ3v) is 8.04. The van der Waals surface area contributed by atoms with E-state index in [9.17, 15) is 33.5 Å². The number of aliphatic carboxylic acids is 1. The number of nitrogens with two attached hydrogens (primary N) is 2. The number of amides is 4. The molecule has 0 saturated heterocycles. The fourth-order valence-corrected chi connectivity index (χ4v) is 5.62. The molecule has 1 aromatic heterocycles. The van der Waals surface area contributed by atoms with Crippen molar-refractivity contribution < 1.29 is 33.5 Å². The smallest absolute Gasteiger partial charge is 0.326 e. The molecule has 1 aliphatic heterocycles. The summed E-state index contributed by atoms with van der Waals surface area (Å²) < 4.78 is 13.7. The highest BCUT2D eigenvalue weighted by atomic mass is 19.1. The van der Waals surface area contributed by atoms with Crippen molar-refractivity contribution in [1.82, 2.24) is 30.8 Å². The number of imidazole rings is 1. The molecule has 4 amide bonds. The Morgan fingerprint density at radius 1 is 0.980 bits per heavy atom. The number of aromatic amines is 1. The molecule has 15 nitrogen and oxygen atoms in total. The second kappa shape index (κ2) is 16.9. The van der Waals surface area contributed by atoms with Gasteiger partial charge >= 0.3 is 5.97 Å². The standard InChI is InChI=1S/C33H40FN9O6/c1-19(44)40-27(15-24-16-37-18-39-24)30(46)42-26(13-20-8-10-23(34)11-9-20)29(45)41-25(7-4-12-38-33(35)36)31(47)43-17-22-6-3-2-5-21(22)14-28(43)32(48)49/h2-3,5-6,8-11,16,18,25-28H,4,7,12-15,17H2,1H3,(H,37,39)(H,40,44)(H,41,45)(H,42,46)(H,48,49)(H4,35,36,38)/t25-,26+,27-,28-/m0/s1. The summed E-state index contributed by atoms with van der Waals surface area (Å²) in [6, 6.07) is 7.74. The van der Waals surface area contributed by atoms with Gasteiger partial charge in [0.15, 0.2) is 5.96 Å². The number of rotatable bonds is 15. The van der Waals surface area contributed by atoms with Crippen LogP contribution in [0, 0.1) is 5.82 Å². The van der Waals surface area contributed by atoms with Gasteiger partial charge in [0, 0.05) is 51.2 Å². The van der Waals surface area contributed by atoms with Gasteiger partial charge in [-0.25, -0.2) is 14.2 Å². The predicted octanol–water partition coefficient (Wildman–Crippen LogP) is -0.1000. The Bertz CT molecular complexity index is 1660. The molecule has 49 heavy (non-hydrogen) atoms. The van der Waals surface area contributed by atoms with Gasteiger partial charge in [-0.3, -0.25) is 24.2 Å². The summed E-state index contributed by atoms with van der Waals surface area (Å²) in [5.41, 5.74) is 13.5. The highest BCUT2D eigenvalue weighted by Crippen LogP contribution is 2.25. The monoisotopic (exact) mass is 677 g/mol. The van der Waals surface area contributed by atoms with Crippen LogP contribution in [0.2, 0.25) is 0 Å². The number of nitrogens with zero attached hydrogens (tertiary/aromatic N) is 3. The largest absolute Gasteiger partial charge is 0.480 e. The number of carboxylic acids is 1. The van der Waals surface area contributed by atoms with Gasteiger partial charge in [-0.2, -0.15) is 0 Å². The first-order valence-corrected chi connectivity index (χ1v) is 15.7. The molecule has 0 aliphatic carbocycles. The Balaban J connectivity index is 1.62. The van der Waals surface area contributed by atoms with E-state index in [1.807, 2.05) is 12.1 Å². The number of carbonyl (C=O) groups excluding carboxylic acids is 4. The molecule has 3 aromatic rings. The first kappa shape index (κ1) is 36.0. The number of carboxylic acid groups (broad SMARTS) is 1. The molecule has 2 heterocycles. The zero-order chi connectivity index (χ0) is 35.5. The van der Waals surface area contributed by atoms with E-state index in [0.29, 0.717) is 11.3 Å². The van der Waals surface area contributed by atoms with E-state index in [0.717, 1.165) is 11.1 Å². The molecule has 16 heteroatoms. The topological polar surface area (TPSA) is 238 Å². The fourth-order valence-electron chi connectivity index (χ4n) is 5.62. The van der Waals surface area contributed by atoms with Crippen LogP contribution in [-0.2, 0) is 49.8 Å². The quantitative estimate of drug-likeness (QED) is 0.0645. The van der Waals surface area contributed by atoms with E-state index in [4.69, 9.17) is 11.5 Å². The molecular formula is C33H40FN9O6. The molecular weight excluding hydrogens is 637 g/mol. The summed E-state index contributed by atoms with van der Waals surface area (Å²) in [4.78, 5) is 78.0. The number of nitrogens with one attached hydrogen (secondary N) is 4. The van der Waals surface area contributed by atoms with Crippen LogP contribution < -0.4 is 27.4 Å². The van der Waals surface area contributed by atoms with Crippen molar-refractivity contribution in [3.8, 4) is 0 Å². The van der Waals surface area contributed by atoms with Gasteiger partial charge in [0.2, 0.25) is 23.6 Å². The molecule has 4 atom stereocenters. The van der Waals surface area contributed by atoms with Crippen LogP contribution in [0.4, 0.5) is 4.39 Å². The number of aromatic nitrogens is 2. The third kappa shape index (κ3) is 10.3. The molecule has 2 aromatic carbocycles. The SMILES string of the molecule is CC(=O)N[C@@H](Cc1cnc[nH]1)C(=O)N[C@H](Cc1ccc(F)cc1)C(=O)N[C@@H](CCCN=C(N)N)C(=O)N1Cc2ccccc2C[C@H]1C(=O)O. The summed E-state index contributed by atoms with van der Waals surface area (Å²) in [7, 11) is 0. The van der Waals surface area contributed by atoms with Gasteiger partial charge in [0.05, 0.1) is 6.33 Å². The Morgan fingerprint density at radius 3 is 2.24 bits per heavy atom. The summed E-state index contributed by atoms with van der Waals surface area (Å²) in [5, 5.41) is 18.0. The summed E-state index contributed by atoms with van der Waals surface area (Å²) in [6.07, 6.45) is 3.22. The van der Waals surface area contributed by atoms with Gasteiger partial charge < -0.3 is 42.4 Å². The molecule has 0 fully saturated rings. The third-order valence-electron chi connectivity index (χ3n) is 8.04. The maximum atomic E-state index is 14.1. The van der Waals surface area contributed by atoms with Crippen molar-refractivity contribution in [2.45, 2.75) is 69.7 Å². The summed E-state index contributed by atoms with van der Waals surface area (Å²) in [6.45, 7) is 1.39. The highest BCUT2D eigenvalue weighted by molar-refractivity contribution is 5.95. The normalized spacial score (nSPS) is 15.6. The lowest BCUT2D eigenvalue weighted by Crippen LogP contribution is -2.59. The van der Waals surface area contributed by atoms with Gasteiger partial charge in [-0.1, -0.05) is 36.4 Å². The second-order valence-corrected chi connectivity index (χ2v) is 11.7. The molecule has 260 valence electrons. The number of benzene rings is 2. The number of H-pyrrole nitrogens is 1. The fraction of sp³-hybridized carbons (Fsp3) is 0.364. The van der Waals surface area contributed by atoms with Crippen LogP contribution in [-0.4, -0.2) is 86.2 Å². The number of hydrogen-bond acceptors (Lipinski definition) is 7. The minimum Gasteiger partial charge on any atom is -0.480 e. The number of aliphatic imine (C=N–C) groups is 1.